The first-order valence-electron chi connectivity index (χ1n) is 15.4. The summed E-state index contributed by atoms with van der Waals surface area (Å²) in [5, 5.41) is 9.57. The SMILES string of the molecule is CCOC(=O)NSC(=O)n1c(-c2ccc(O)cc2)nc(-c2ccc(N(CC)CC)cc2C)c1-c1ccc(N(CC)CC)cc1C. The molecule has 10 heteroatoms. The van der Waals surface area contributed by atoms with Crippen molar-refractivity contribution < 1.29 is 19.4 Å². The number of aryl methyl sites for hydroxylation is 2. The van der Waals surface area contributed by atoms with Crippen LogP contribution < -0.4 is 14.5 Å². The molecule has 0 spiro atoms. The molecule has 238 valence electrons. The average Bonchev–Trinajstić information content (AvgIpc) is 3.42. The summed E-state index contributed by atoms with van der Waals surface area (Å²) in [4.78, 5) is 36.0. The minimum Gasteiger partial charge on any atom is -0.508 e. The standard InChI is InChI=1S/C35H43N5O4S/c1-8-38(9-2)26-15-19-29(23(6)21-26)31-32(30-20-16-27(22-24(30)7)39(10-3)11-4)40(35(43)45-37-34(42)44-12-5)33(36-31)25-13-17-28(41)18-14-25/h13-22,41H,8-12H2,1-7H3,(H,37,42). The van der Waals surface area contributed by atoms with Gasteiger partial charge in [-0.2, -0.15) is 0 Å². The second-order valence-corrected chi connectivity index (χ2v) is 11.3. The molecule has 0 bridgehead atoms. The van der Waals surface area contributed by atoms with E-state index in [0.29, 0.717) is 34.7 Å². The molecular formula is C35H43N5O4S. The number of aromatic nitrogens is 2. The normalized spacial score (nSPS) is 10.9. The van der Waals surface area contributed by atoms with Crippen molar-refractivity contribution in [1.29, 1.82) is 0 Å². The van der Waals surface area contributed by atoms with Crippen LogP contribution in [0.25, 0.3) is 33.9 Å². The molecule has 0 unspecified atom stereocenters. The van der Waals surface area contributed by atoms with Gasteiger partial charge >= 0.3 is 11.3 Å². The Kier molecular flexibility index (Phi) is 11.2. The van der Waals surface area contributed by atoms with E-state index in [-0.39, 0.29) is 12.4 Å². The van der Waals surface area contributed by atoms with Crippen molar-refractivity contribution in [3.63, 3.8) is 0 Å². The second kappa shape index (κ2) is 15.0. The van der Waals surface area contributed by atoms with Gasteiger partial charge in [0.2, 0.25) is 0 Å². The van der Waals surface area contributed by atoms with E-state index in [1.807, 2.05) is 13.0 Å². The van der Waals surface area contributed by atoms with E-state index in [1.165, 1.54) is 0 Å². The van der Waals surface area contributed by atoms with Crippen LogP contribution in [-0.4, -0.2) is 58.8 Å². The highest BCUT2D eigenvalue weighted by Gasteiger charge is 2.28. The Bertz CT molecular complexity index is 1640. The second-order valence-electron chi connectivity index (χ2n) is 10.5. The highest BCUT2D eigenvalue weighted by molar-refractivity contribution is 8.12. The third-order valence-corrected chi connectivity index (χ3v) is 8.50. The molecule has 3 aromatic carbocycles. The van der Waals surface area contributed by atoms with Crippen LogP contribution in [-0.2, 0) is 4.74 Å². The molecule has 1 heterocycles. The summed E-state index contributed by atoms with van der Waals surface area (Å²) in [5.41, 5.74) is 7.84. The molecule has 0 fully saturated rings. The van der Waals surface area contributed by atoms with Gasteiger partial charge in [-0.1, -0.05) is 12.1 Å². The van der Waals surface area contributed by atoms with E-state index in [4.69, 9.17) is 9.72 Å². The maximum atomic E-state index is 14.1. The largest absolute Gasteiger partial charge is 0.508 e. The Morgan fingerprint density at radius 1 is 0.822 bits per heavy atom. The minimum atomic E-state index is -0.702. The number of aromatic hydroxyl groups is 1. The molecule has 0 atom stereocenters. The molecule has 1 aromatic heterocycles. The molecule has 0 saturated carbocycles. The first-order valence-corrected chi connectivity index (χ1v) is 16.3. The van der Waals surface area contributed by atoms with Crippen LogP contribution in [0.1, 0.15) is 45.7 Å². The van der Waals surface area contributed by atoms with Gasteiger partial charge in [0.05, 0.1) is 29.9 Å². The highest BCUT2D eigenvalue weighted by Crippen LogP contribution is 2.41. The van der Waals surface area contributed by atoms with Crippen molar-refractivity contribution in [2.45, 2.75) is 48.5 Å². The minimum absolute atomic E-state index is 0.104. The number of hydrogen-bond donors (Lipinski definition) is 2. The predicted molar refractivity (Wildman–Crippen MR) is 185 cm³/mol. The zero-order valence-electron chi connectivity index (χ0n) is 27.2. The van der Waals surface area contributed by atoms with Crippen molar-refractivity contribution in [1.82, 2.24) is 14.3 Å². The lowest BCUT2D eigenvalue weighted by Gasteiger charge is -2.23. The zero-order valence-corrected chi connectivity index (χ0v) is 28.0. The van der Waals surface area contributed by atoms with E-state index in [2.05, 4.69) is 79.5 Å². The maximum absolute atomic E-state index is 14.1. The van der Waals surface area contributed by atoms with Gasteiger partial charge in [-0.15, -0.1) is 0 Å². The van der Waals surface area contributed by atoms with Crippen molar-refractivity contribution in [2.75, 3.05) is 42.6 Å². The summed E-state index contributed by atoms with van der Waals surface area (Å²) in [7, 11) is 0. The Morgan fingerprint density at radius 3 is 1.84 bits per heavy atom. The van der Waals surface area contributed by atoms with E-state index in [9.17, 15) is 14.7 Å². The van der Waals surface area contributed by atoms with Gasteiger partial charge in [0.1, 0.15) is 11.6 Å². The van der Waals surface area contributed by atoms with Crippen LogP contribution in [0.4, 0.5) is 21.0 Å². The summed E-state index contributed by atoms with van der Waals surface area (Å²) in [6, 6.07) is 19.1. The Labute approximate surface area is 270 Å². The highest BCUT2D eigenvalue weighted by atomic mass is 32.2. The molecule has 4 aromatic rings. The van der Waals surface area contributed by atoms with Crippen molar-refractivity contribution >= 4 is 34.7 Å². The summed E-state index contributed by atoms with van der Waals surface area (Å²) in [6.07, 6.45) is -0.702. The van der Waals surface area contributed by atoms with Crippen LogP contribution >= 0.6 is 11.9 Å². The van der Waals surface area contributed by atoms with Gasteiger partial charge in [-0.3, -0.25) is 14.1 Å². The fourth-order valence-electron chi connectivity index (χ4n) is 5.53. The molecule has 2 N–H and O–H groups in total. The molecular weight excluding hydrogens is 586 g/mol. The molecule has 0 aliphatic rings. The van der Waals surface area contributed by atoms with E-state index < -0.39 is 11.3 Å². The number of imidazole rings is 1. The maximum Gasteiger partial charge on any atom is 0.417 e. The summed E-state index contributed by atoms with van der Waals surface area (Å²) in [6.45, 7) is 18.0. The lowest BCUT2D eigenvalue weighted by atomic mass is 9.97. The fourth-order valence-corrected chi connectivity index (χ4v) is 6.03. The first-order chi connectivity index (χ1) is 21.7. The van der Waals surface area contributed by atoms with Gasteiger partial charge in [-0.25, -0.2) is 9.78 Å². The number of phenols is 1. The molecule has 0 aliphatic heterocycles. The smallest absolute Gasteiger partial charge is 0.417 e. The third kappa shape index (κ3) is 7.28. The fraction of sp³-hybridized carbons (Fsp3) is 0.343. The number of nitrogens with one attached hydrogen (secondary N) is 1. The third-order valence-electron chi connectivity index (χ3n) is 7.87. The van der Waals surface area contributed by atoms with E-state index >= 15 is 0 Å². The topological polar surface area (TPSA) is 99.9 Å². The number of ether oxygens (including phenoxy) is 1. The predicted octanol–water partition coefficient (Wildman–Crippen LogP) is 8.26. The van der Waals surface area contributed by atoms with Crippen molar-refractivity contribution in [3.8, 4) is 39.7 Å². The molecule has 45 heavy (non-hydrogen) atoms. The quantitative estimate of drug-likeness (QED) is 0.169. The number of anilines is 2. The van der Waals surface area contributed by atoms with Gasteiger partial charge in [0, 0.05) is 54.2 Å². The number of hydrogen-bond acceptors (Lipinski definition) is 8. The lowest BCUT2D eigenvalue weighted by molar-refractivity contribution is 0.159. The molecule has 0 saturated heterocycles. The molecule has 4 rings (SSSR count). The first kappa shape index (κ1) is 33.5. The van der Waals surface area contributed by atoms with Crippen LogP contribution in [0.2, 0.25) is 0 Å². The summed E-state index contributed by atoms with van der Waals surface area (Å²) >= 11 is 0.640. The van der Waals surface area contributed by atoms with Crippen LogP contribution in [0.3, 0.4) is 0 Å². The van der Waals surface area contributed by atoms with Crippen molar-refractivity contribution in [2.24, 2.45) is 0 Å². The molecule has 0 radical (unpaired) electrons. The Morgan fingerprint density at radius 2 is 1.36 bits per heavy atom. The van der Waals surface area contributed by atoms with Gasteiger partial charge in [0.15, 0.2) is 0 Å². The molecule has 9 nitrogen and oxygen atoms in total. The molecule has 0 aliphatic carbocycles. The number of carbonyl (C=O) groups is 2. The monoisotopic (exact) mass is 629 g/mol. The van der Waals surface area contributed by atoms with Gasteiger partial charge in [0.25, 0.3) is 0 Å². The average molecular weight is 630 g/mol. The van der Waals surface area contributed by atoms with E-state index in [1.54, 1.807) is 35.8 Å². The number of rotatable bonds is 10. The number of benzene rings is 3. The van der Waals surface area contributed by atoms with Gasteiger partial charge in [-0.05, 0) is 108 Å². The van der Waals surface area contributed by atoms with Gasteiger partial charge < -0.3 is 19.6 Å². The summed E-state index contributed by atoms with van der Waals surface area (Å²) < 4.78 is 9.05. The van der Waals surface area contributed by atoms with Crippen LogP contribution in [0.5, 0.6) is 5.75 Å². The van der Waals surface area contributed by atoms with E-state index in [0.717, 1.165) is 59.8 Å². The number of nitrogens with zero attached hydrogens (tertiary/aromatic N) is 4. The summed E-state index contributed by atoms with van der Waals surface area (Å²) in [5.74, 6) is 0.496. The molecule has 1 amide bonds. The van der Waals surface area contributed by atoms with Crippen LogP contribution in [0, 0.1) is 13.8 Å². The Balaban J connectivity index is 2.02. The van der Waals surface area contributed by atoms with Crippen LogP contribution in [0.15, 0.2) is 60.7 Å². The zero-order chi connectivity index (χ0) is 32.7. The Hall–Kier alpha value is -4.44. The van der Waals surface area contributed by atoms with Crippen molar-refractivity contribution in [3.05, 3.63) is 71.8 Å². The number of phenolic OH excluding ortho intramolecular Hbond substituents is 1. The lowest BCUT2D eigenvalue weighted by Crippen LogP contribution is -2.22. The number of carbonyl (C=O) groups excluding carboxylic acids is 2. The number of amides is 1.